The molecule has 1 aromatic carbocycles. The third-order valence-electron chi connectivity index (χ3n) is 6.34. The molecule has 0 saturated heterocycles. The van der Waals surface area contributed by atoms with E-state index in [0.29, 0.717) is 12.6 Å². The van der Waals surface area contributed by atoms with E-state index in [1.165, 1.54) is 16.0 Å². The summed E-state index contributed by atoms with van der Waals surface area (Å²) < 4.78 is 3.60. The van der Waals surface area contributed by atoms with Crippen molar-refractivity contribution in [3.05, 3.63) is 81.0 Å². The minimum absolute atomic E-state index is 0.0923. The van der Waals surface area contributed by atoms with Gasteiger partial charge in [-0.25, -0.2) is 4.98 Å². The van der Waals surface area contributed by atoms with Crippen LogP contribution in [0, 0.1) is 0 Å². The second-order valence-corrected chi connectivity index (χ2v) is 9.58. The zero-order valence-corrected chi connectivity index (χ0v) is 18.8. The molecular formula is C24H27N5OS. The van der Waals surface area contributed by atoms with Gasteiger partial charge in [-0.3, -0.25) is 14.0 Å². The molecule has 5 rings (SSSR count). The molecule has 0 amide bonds. The van der Waals surface area contributed by atoms with Crippen LogP contribution in [0.4, 0.5) is 0 Å². The van der Waals surface area contributed by atoms with Crippen LogP contribution in [0.25, 0.3) is 10.2 Å². The van der Waals surface area contributed by atoms with Crippen LogP contribution in [0.3, 0.4) is 0 Å². The zero-order chi connectivity index (χ0) is 21.4. The smallest absolute Gasteiger partial charge is 0.262 e. The van der Waals surface area contributed by atoms with Crippen molar-refractivity contribution in [2.45, 2.75) is 38.3 Å². The number of rotatable bonds is 6. The van der Waals surface area contributed by atoms with Crippen molar-refractivity contribution in [3.63, 3.8) is 0 Å². The summed E-state index contributed by atoms with van der Waals surface area (Å²) in [6, 6.07) is 10.6. The monoisotopic (exact) mass is 433 g/mol. The summed E-state index contributed by atoms with van der Waals surface area (Å²) in [5, 5.41) is 5.11. The van der Waals surface area contributed by atoms with E-state index in [2.05, 4.69) is 28.2 Å². The van der Waals surface area contributed by atoms with Gasteiger partial charge in [0.2, 0.25) is 0 Å². The largest absolute Gasteiger partial charge is 0.303 e. The van der Waals surface area contributed by atoms with Crippen molar-refractivity contribution in [2.24, 2.45) is 7.05 Å². The van der Waals surface area contributed by atoms with E-state index in [4.69, 9.17) is 0 Å². The fourth-order valence-corrected chi connectivity index (χ4v) is 5.79. The van der Waals surface area contributed by atoms with E-state index in [1.54, 1.807) is 22.2 Å². The van der Waals surface area contributed by atoms with E-state index in [9.17, 15) is 4.79 Å². The number of nitrogens with zero attached hydrogens (tertiary/aromatic N) is 5. The SMILES string of the molecule is CN(CCc1cnn(C)c1)[C@@H]1CCc2c(sc3ncn(Cc4ccccc4)c(=O)c23)C1. The predicted octanol–water partition coefficient (Wildman–Crippen LogP) is 3.27. The second-order valence-electron chi connectivity index (χ2n) is 8.50. The Labute approximate surface area is 185 Å². The maximum absolute atomic E-state index is 13.3. The van der Waals surface area contributed by atoms with Crippen molar-refractivity contribution >= 4 is 21.6 Å². The van der Waals surface area contributed by atoms with E-state index >= 15 is 0 Å². The van der Waals surface area contributed by atoms with Crippen molar-refractivity contribution in [3.8, 4) is 0 Å². The third kappa shape index (κ3) is 4.07. The maximum Gasteiger partial charge on any atom is 0.262 e. The number of aryl methyl sites for hydroxylation is 2. The molecule has 1 atom stereocenters. The quantitative estimate of drug-likeness (QED) is 0.468. The lowest BCUT2D eigenvalue weighted by atomic mass is 9.92. The molecular weight excluding hydrogens is 406 g/mol. The molecule has 0 aliphatic heterocycles. The van der Waals surface area contributed by atoms with Gasteiger partial charge in [-0.1, -0.05) is 30.3 Å². The van der Waals surface area contributed by atoms with Gasteiger partial charge in [0.1, 0.15) is 4.83 Å². The minimum Gasteiger partial charge on any atom is -0.303 e. The summed E-state index contributed by atoms with van der Waals surface area (Å²) in [6.07, 6.45) is 9.77. The Bertz CT molecular complexity index is 1260. The van der Waals surface area contributed by atoms with E-state index < -0.39 is 0 Å². The van der Waals surface area contributed by atoms with Crippen LogP contribution in [0.2, 0.25) is 0 Å². The number of thiophene rings is 1. The first kappa shape index (κ1) is 20.2. The van der Waals surface area contributed by atoms with Crippen LogP contribution in [-0.2, 0) is 32.9 Å². The third-order valence-corrected chi connectivity index (χ3v) is 7.50. The van der Waals surface area contributed by atoms with Crippen molar-refractivity contribution in [1.29, 1.82) is 0 Å². The number of hydrogen-bond acceptors (Lipinski definition) is 5. The predicted molar refractivity (Wildman–Crippen MR) is 125 cm³/mol. The lowest BCUT2D eigenvalue weighted by molar-refractivity contribution is 0.226. The molecule has 0 saturated carbocycles. The molecule has 6 nitrogen and oxygen atoms in total. The topological polar surface area (TPSA) is 56.0 Å². The van der Waals surface area contributed by atoms with Crippen molar-refractivity contribution < 1.29 is 0 Å². The molecule has 0 radical (unpaired) electrons. The average Bonchev–Trinajstić information content (AvgIpc) is 3.37. The molecule has 1 aliphatic rings. The summed E-state index contributed by atoms with van der Waals surface area (Å²) in [6.45, 7) is 1.58. The highest BCUT2D eigenvalue weighted by atomic mass is 32.1. The molecule has 160 valence electrons. The Balaban J connectivity index is 1.34. The fraction of sp³-hybridized carbons (Fsp3) is 0.375. The van der Waals surface area contributed by atoms with Gasteiger partial charge < -0.3 is 4.90 Å². The molecule has 0 unspecified atom stereocenters. The van der Waals surface area contributed by atoms with Gasteiger partial charge in [0.15, 0.2) is 0 Å². The summed E-state index contributed by atoms with van der Waals surface area (Å²) >= 11 is 1.70. The van der Waals surface area contributed by atoms with Gasteiger partial charge in [-0.15, -0.1) is 11.3 Å². The lowest BCUT2D eigenvalue weighted by Gasteiger charge is -2.31. The van der Waals surface area contributed by atoms with E-state index in [1.807, 2.05) is 48.3 Å². The molecule has 0 spiro atoms. The van der Waals surface area contributed by atoms with Gasteiger partial charge in [-0.05, 0) is 49.4 Å². The fourth-order valence-electron chi connectivity index (χ4n) is 4.54. The Morgan fingerprint density at radius 1 is 1.23 bits per heavy atom. The summed E-state index contributed by atoms with van der Waals surface area (Å²) in [4.78, 5) is 22.6. The lowest BCUT2D eigenvalue weighted by Crippen LogP contribution is -2.37. The van der Waals surface area contributed by atoms with E-state index in [-0.39, 0.29) is 5.56 Å². The summed E-state index contributed by atoms with van der Waals surface area (Å²) in [5.41, 5.74) is 3.72. The van der Waals surface area contributed by atoms with Crippen LogP contribution in [0.1, 0.15) is 28.0 Å². The number of hydrogen-bond donors (Lipinski definition) is 0. The highest BCUT2D eigenvalue weighted by molar-refractivity contribution is 7.18. The Morgan fingerprint density at radius 3 is 2.84 bits per heavy atom. The Kier molecular flexibility index (Phi) is 5.46. The summed E-state index contributed by atoms with van der Waals surface area (Å²) in [5.74, 6) is 0. The van der Waals surface area contributed by atoms with Gasteiger partial charge in [0.05, 0.1) is 24.5 Å². The van der Waals surface area contributed by atoms with Crippen LogP contribution in [0.15, 0.2) is 53.8 Å². The first-order chi connectivity index (χ1) is 15.1. The number of benzene rings is 1. The minimum atomic E-state index is 0.0923. The number of likely N-dealkylation sites (N-methyl/N-ethyl adjacent to an activating group) is 1. The first-order valence-corrected chi connectivity index (χ1v) is 11.6. The standard InChI is InChI=1S/C24H27N5OS/c1-27(11-10-18-13-26-28(2)14-18)19-8-9-20-21(12-19)31-23-22(20)24(30)29(16-25-23)15-17-6-4-3-5-7-17/h3-7,13-14,16,19H,8-12,15H2,1-2H3/t19-/m1/s1. The van der Waals surface area contributed by atoms with Crippen LogP contribution >= 0.6 is 11.3 Å². The maximum atomic E-state index is 13.3. The molecule has 4 aromatic rings. The Hall–Kier alpha value is -2.77. The highest BCUT2D eigenvalue weighted by Gasteiger charge is 2.27. The van der Waals surface area contributed by atoms with Crippen molar-refractivity contribution in [1.82, 2.24) is 24.2 Å². The van der Waals surface area contributed by atoms with Gasteiger partial charge in [-0.2, -0.15) is 5.10 Å². The van der Waals surface area contributed by atoms with Crippen molar-refractivity contribution in [2.75, 3.05) is 13.6 Å². The molecule has 0 bridgehead atoms. The van der Waals surface area contributed by atoms with Crippen LogP contribution < -0.4 is 5.56 Å². The molecule has 0 N–H and O–H groups in total. The number of aromatic nitrogens is 4. The first-order valence-electron chi connectivity index (χ1n) is 10.8. The average molecular weight is 434 g/mol. The van der Waals surface area contributed by atoms with Crippen LogP contribution in [0.5, 0.6) is 0 Å². The molecule has 3 heterocycles. The second kappa shape index (κ2) is 8.40. The van der Waals surface area contributed by atoms with E-state index in [0.717, 1.165) is 48.0 Å². The van der Waals surface area contributed by atoms with Crippen LogP contribution in [-0.4, -0.2) is 43.9 Å². The summed E-state index contributed by atoms with van der Waals surface area (Å²) in [7, 11) is 4.17. The van der Waals surface area contributed by atoms with Gasteiger partial charge >= 0.3 is 0 Å². The normalized spacial score (nSPS) is 16.2. The molecule has 1 aliphatic carbocycles. The molecule has 3 aromatic heterocycles. The van der Waals surface area contributed by atoms with Gasteiger partial charge in [0.25, 0.3) is 5.56 Å². The number of fused-ring (bicyclic) bond motifs is 3. The molecule has 0 fully saturated rings. The highest BCUT2D eigenvalue weighted by Crippen LogP contribution is 2.34. The van der Waals surface area contributed by atoms with Gasteiger partial charge in [0, 0.05) is 30.7 Å². The Morgan fingerprint density at radius 2 is 2.06 bits per heavy atom. The molecule has 7 heteroatoms. The molecule has 31 heavy (non-hydrogen) atoms. The zero-order valence-electron chi connectivity index (χ0n) is 18.0.